The molecule has 88 valence electrons. The van der Waals surface area contributed by atoms with Crippen molar-refractivity contribution in [1.82, 2.24) is 5.48 Å². The van der Waals surface area contributed by atoms with E-state index in [2.05, 4.69) is 21.4 Å². The first-order valence-corrected chi connectivity index (χ1v) is 5.40. The lowest BCUT2D eigenvalue weighted by Crippen LogP contribution is -2.25. The predicted molar refractivity (Wildman–Crippen MR) is 63.8 cm³/mol. The summed E-state index contributed by atoms with van der Waals surface area (Å²) in [5, 5.41) is 0. The number of hydrogen-bond donors (Lipinski definition) is 2. The van der Waals surface area contributed by atoms with E-state index in [1.54, 1.807) is 25.3 Å². The fraction of sp³-hybridized carbons (Fsp3) is 0.300. The van der Waals surface area contributed by atoms with Crippen molar-refractivity contribution >= 4 is 27.5 Å². The van der Waals surface area contributed by atoms with E-state index in [1.807, 2.05) is 0 Å². The summed E-state index contributed by atoms with van der Waals surface area (Å²) in [5.74, 6) is -0.322. The fourth-order valence-corrected chi connectivity index (χ4v) is 1.35. The average Bonchev–Trinajstić information content (AvgIpc) is 2.28. The molecule has 0 saturated heterocycles. The highest BCUT2D eigenvalue weighted by Crippen LogP contribution is 2.20. The first kappa shape index (κ1) is 13.0. The third-order valence-electron chi connectivity index (χ3n) is 1.82. The maximum atomic E-state index is 11.5. The minimum atomic E-state index is -0.322. The van der Waals surface area contributed by atoms with Crippen molar-refractivity contribution in [1.29, 1.82) is 0 Å². The molecule has 0 atom stereocenters. The number of methoxy groups -OCH3 is 1. The van der Waals surface area contributed by atoms with Crippen LogP contribution in [-0.2, 0) is 9.57 Å². The molecule has 5 nitrogen and oxygen atoms in total. The van der Waals surface area contributed by atoms with Gasteiger partial charge in [-0.25, -0.2) is 5.48 Å². The Morgan fingerprint density at radius 3 is 2.88 bits per heavy atom. The van der Waals surface area contributed by atoms with Gasteiger partial charge in [0, 0.05) is 22.8 Å². The Morgan fingerprint density at radius 2 is 2.25 bits per heavy atom. The summed E-state index contributed by atoms with van der Waals surface area (Å²) in [6.07, 6.45) is 0. The van der Waals surface area contributed by atoms with Crippen molar-refractivity contribution in [3.63, 3.8) is 0 Å². The molecule has 0 fully saturated rings. The van der Waals surface area contributed by atoms with Gasteiger partial charge < -0.3 is 10.5 Å². The van der Waals surface area contributed by atoms with E-state index in [0.29, 0.717) is 28.9 Å². The molecule has 0 aliphatic heterocycles. The highest BCUT2D eigenvalue weighted by Gasteiger charge is 2.06. The van der Waals surface area contributed by atoms with Crippen molar-refractivity contribution < 1.29 is 14.4 Å². The Labute approximate surface area is 102 Å². The Balaban J connectivity index is 2.50. The van der Waals surface area contributed by atoms with Crippen molar-refractivity contribution in [3.05, 3.63) is 28.2 Å². The molecule has 16 heavy (non-hydrogen) atoms. The largest absolute Gasteiger partial charge is 0.398 e. The van der Waals surface area contributed by atoms with E-state index in [0.717, 1.165) is 0 Å². The summed E-state index contributed by atoms with van der Waals surface area (Å²) in [5.41, 5.74) is 8.95. The Morgan fingerprint density at radius 1 is 1.50 bits per heavy atom. The van der Waals surface area contributed by atoms with Crippen LogP contribution in [0.1, 0.15) is 10.4 Å². The zero-order valence-electron chi connectivity index (χ0n) is 8.83. The number of rotatable bonds is 5. The van der Waals surface area contributed by atoms with Gasteiger partial charge in [0.05, 0.1) is 13.2 Å². The van der Waals surface area contributed by atoms with Crippen LogP contribution in [0.25, 0.3) is 0 Å². The average molecular weight is 289 g/mol. The molecule has 1 amide bonds. The third kappa shape index (κ3) is 3.80. The van der Waals surface area contributed by atoms with E-state index < -0.39 is 0 Å². The summed E-state index contributed by atoms with van der Waals surface area (Å²) >= 11 is 3.24. The molecule has 1 aromatic carbocycles. The minimum absolute atomic E-state index is 0.304. The summed E-state index contributed by atoms with van der Waals surface area (Å²) in [6.45, 7) is 0.726. The number of nitrogens with two attached hydrogens (primary N) is 1. The standard InChI is InChI=1S/C10H13BrN2O3/c1-15-4-5-16-13-10(14)7-2-3-9(12)8(11)6-7/h2-3,6H,4-5,12H2,1H3,(H,13,14). The van der Waals surface area contributed by atoms with Gasteiger partial charge in [0.15, 0.2) is 0 Å². The maximum Gasteiger partial charge on any atom is 0.274 e. The van der Waals surface area contributed by atoms with Crippen molar-refractivity contribution in [2.24, 2.45) is 0 Å². The number of nitrogens with one attached hydrogen (secondary N) is 1. The number of hydrogen-bond acceptors (Lipinski definition) is 4. The summed E-state index contributed by atoms with van der Waals surface area (Å²) in [6, 6.07) is 4.90. The fourth-order valence-electron chi connectivity index (χ4n) is 0.969. The number of carbonyl (C=O) groups is 1. The molecule has 0 aromatic heterocycles. The lowest BCUT2D eigenvalue weighted by atomic mass is 10.2. The van der Waals surface area contributed by atoms with Gasteiger partial charge in [-0.1, -0.05) is 0 Å². The molecular weight excluding hydrogens is 276 g/mol. The number of nitrogen functional groups attached to an aromatic ring is 1. The number of halogens is 1. The summed E-state index contributed by atoms with van der Waals surface area (Å²) in [7, 11) is 1.56. The van der Waals surface area contributed by atoms with Crippen molar-refractivity contribution in [2.45, 2.75) is 0 Å². The molecule has 0 unspecified atom stereocenters. The van der Waals surface area contributed by atoms with E-state index in [4.69, 9.17) is 15.3 Å². The number of carbonyl (C=O) groups excluding carboxylic acids is 1. The van der Waals surface area contributed by atoms with Crippen LogP contribution in [-0.4, -0.2) is 26.2 Å². The molecule has 0 aliphatic rings. The van der Waals surface area contributed by atoms with E-state index in [1.165, 1.54) is 0 Å². The number of amides is 1. The molecule has 0 spiro atoms. The normalized spacial score (nSPS) is 10.1. The van der Waals surface area contributed by atoms with Gasteiger partial charge in [0.25, 0.3) is 5.91 Å². The lowest BCUT2D eigenvalue weighted by Gasteiger charge is -2.06. The van der Waals surface area contributed by atoms with Crippen molar-refractivity contribution in [3.8, 4) is 0 Å². The molecule has 6 heteroatoms. The van der Waals surface area contributed by atoms with Crippen LogP contribution in [0, 0.1) is 0 Å². The Hall–Kier alpha value is -1.11. The molecule has 1 aromatic rings. The number of anilines is 1. The predicted octanol–water partition coefficient (Wildman–Crippen LogP) is 1.34. The van der Waals surface area contributed by atoms with E-state index >= 15 is 0 Å². The SMILES string of the molecule is COCCONC(=O)c1ccc(N)c(Br)c1. The Bertz CT molecular complexity index is 371. The minimum Gasteiger partial charge on any atom is -0.398 e. The smallest absolute Gasteiger partial charge is 0.274 e. The lowest BCUT2D eigenvalue weighted by molar-refractivity contribution is 0.00888. The Kier molecular flexibility index (Phi) is 5.24. The van der Waals surface area contributed by atoms with Gasteiger partial charge >= 0.3 is 0 Å². The molecule has 0 heterocycles. The van der Waals surface area contributed by atoms with Gasteiger partial charge in [-0.15, -0.1) is 0 Å². The molecule has 3 N–H and O–H groups in total. The van der Waals surface area contributed by atoms with E-state index in [9.17, 15) is 4.79 Å². The third-order valence-corrected chi connectivity index (χ3v) is 2.50. The molecule has 0 bridgehead atoms. The van der Waals surface area contributed by atoms with Crippen LogP contribution >= 0.6 is 15.9 Å². The maximum absolute atomic E-state index is 11.5. The second kappa shape index (κ2) is 6.47. The first-order chi connectivity index (χ1) is 7.65. The van der Waals surface area contributed by atoms with Gasteiger partial charge in [-0.2, -0.15) is 0 Å². The highest BCUT2D eigenvalue weighted by atomic mass is 79.9. The molecule has 0 saturated carbocycles. The summed E-state index contributed by atoms with van der Waals surface area (Å²) in [4.78, 5) is 16.4. The second-order valence-corrected chi connectivity index (χ2v) is 3.86. The zero-order chi connectivity index (χ0) is 12.0. The van der Waals surface area contributed by atoms with Crippen LogP contribution in [0.4, 0.5) is 5.69 Å². The van der Waals surface area contributed by atoms with Gasteiger partial charge in [-0.05, 0) is 34.1 Å². The summed E-state index contributed by atoms with van der Waals surface area (Å²) < 4.78 is 5.44. The number of hydroxylamine groups is 1. The topological polar surface area (TPSA) is 73.6 Å². The highest BCUT2D eigenvalue weighted by molar-refractivity contribution is 9.10. The van der Waals surface area contributed by atoms with Gasteiger partial charge in [0.1, 0.15) is 0 Å². The van der Waals surface area contributed by atoms with Gasteiger partial charge in [0.2, 0.25) is 0 Å². The number of benzene rings is 1. The molecular formula is C10H13BrN2O3. The monoisotopic (exact) mass is 288 g/mol. The van der Waals surface area contributed by atoms with Crippen LogP contribution < -0.4 is 11.2 Å². The van der Waals surface area contributed by atoms with Crippen molar-refractivity contribution in [2.75, 3.05) is 26.1 Å². The zero-order valence-corrected chi connectivity index (χ0v) is 10.4. The van der Waals surface area contributed by atoms with Crippen LogP contribution in [0.5, 0.6) is 0 Å². The molecule has 0 aliphatic carbocycles. The van der Waals surface area contributed by atoms with Gasteiger partial charge in [-0.3, -0.25) is 9.63 Å². The molecule has 0 radical (unpaired) electrons. The quantitative estimate of drug-likeness (QED) is 0.487. The second-order valence-electron chi connectivity index (χ2n) is 3.01. The first-order valence-electron chi connectivity index (χ1n) is 4.61. The number of ether oxygens (including phenoxy) is 1. The van der Waals surface area contributed by atoms with Crippen LogP contribution in [0.2, 0.25) is 0 Å². The molecule has 1 rings (SSSR count). The van der Waals surface area contributed by atoms with Crippen LogP contribution in [0.15, 0.2) is 22.7 Å². The van der Waals surface area contributed by atoms with E-state index in [-0.39, 0.29) is 5.91 Å². The van der Waals surface area contributed by atoms with Crippen LogP contribution in [0.3, 0.4) is 0 Å².